The van der Waals surface area contributed by atoms with Gasteiger partial charge in [-0.15, -0.1) is 0 Å². The monoisotopic (exact) mass is 564 g/mol. The molecular formula is C29H44N2O7S. The van der Waals surface area contributed by atoms with Crippen LogP contribution < -0.4 is 5.32 Å². The molecule has 0 spiro atoms. The summed E-state index contributed by atoms with van der Waals surface area (Å²) < 4.78 is 38.2. The van der Waals surface area contributed by atoms with E-state index in [1.165, 1.54) is 10.4 Å². The number of ether oxygens (including phenoxy) is 2. The van der Waals surface area contributed by atoms with Gasteiger partial charge in [-0.25, -0.2) is 8.42 Å². The van der Waals surface area contributed by atoms with Gasteiger partial charge in [0.25, 0.3) is 0 Å². The summed E-state index contributed by atoms with van der Waals surface area (Å²) in [5, 5.41) is 32.4. The molecule has 9 nitrogen and oxygen atoms in total. The number of sulfonamides is 1. The lowest BCUT2D eigenvalue weighted by atomic mass is 10.1. The topological polar surface area (TPSA) is 129 Å². The highest BCUT2D eigenvalue weighted by Crippen LogP contribution is 2.22. The maximum absolute atomic E-state index is 12.8. The van der Waals surface area contributed by atoms with Crippen molar-refractivity contribution in [3.63, 3.8) is 0 Å². The van der Waals surface area contributed by atoms with E-state index in [1.807, 2.05) is 12.1 Å². The Hall–Kier alpha value is -2.05. The van der Waals surface area contributed by atoms with Gasteiger partial charge in [0.05, 0.1) is 30.8 Å². The van der Waals surface area contributed by atoms with Crippen LogP contribution >= 0.6 is 0 Å². The summed E-state index contributed by atoms with van der Waals surface area (Å²) in [7, 11) is -3.46. The van der Waals surface area contributed by atoms with Gasteiger partial charge in [-0.1, -0.05) is 31.0 Å². The summed E-state index contributed by atoms with van der Waals surface area (Å²) in [4.78, 5) is 0.360. The fourth-order valence-corrected chi connectivity index (χ4v) is 6.02. The second kappa shape index (κ2) is 16.9. The highest BCUT2D eigenvalue weighted by molar-refractivity contribution is 7.89. The summed E-state index contributed by atoms with van der Waals surface area (Å²) in [6, 6.07) is 12.0. The smallest absolute Gasteiger partial charge is 0.243 e. The average Bonchev–Trinajstić information content (AvgIpc) is 2.96. The van der Waals surface area contributed by atoms with E-state index in [2.05, 4.69) is 5.32 Å². The van der Waals surface area contributed by atoms with E-state index in [4.69, 9.17) is 9.47 Å². The molecular weight excluding hydrogens is 520 g/mol. The van der Waals surface area contributed by atoms with Crippen LogP contribution in [0.15, 0.2) is 47.4 Å². The van der Waals surface area contributed by atoms with Gasteiger partial charge in [0.2, 0.25) is 10.0 Å². The molecule has 1 atom stereocenters. The number of nitrogens with one attached hydrogen (secondary N) is 1. The third kappa shape index (κ3) is 10.5. The van der Waals surface area contributed by atoms with Crippen molar-refractivity contribution in [1.29, 1.82) is 0 Å². The third-order valence-corrected chi connectivity index (χ3v) is 8.79. The number of nitrogens with zero attached hydrogens (tertiary/aromatic N) is 1. The number of benzene rings is 2. The maximum Gasteiger partial charge on any atom is 0.243 e. The lowest BCUT2D eigenvalue weighted by Gasteiger charge is -2.26. The Bertz CT molecular complexity index is 1090. The van der Waals surface area contributed by atoms with E-state index < -0.39 is 16.1 Å². The summed E-state index contributed by atoms with van der Waals surface area (Å²) in [5.74, 6) is 0.0332. The molecule has 2 aromatic rings. The van der Waals surface area contributed by atoms with Crippen molar-refractivity contribution in [2.24, 2.45) is 0 Å². The van der Waals surface area contributed by atoms with Gasteiger partial charge >= 0.3 is 0 Å². The van der Waals surface area contributed by atoms with Crippen LogP contribution in [0.2, 0.25) is 0 Å². The number of aryl methyl sites for hydroxylation is 1. The van der Waals surface area contributed by atoms with Gasteiger partial charge in [0.15, 0.2) is 0 Å². The summed E-state index contributed by atoms with van der Waals surface area (Å²) >= 11 is 0. The van der Waals surface area contributed by atoms with Crippen LogP contribution in [0.4, 0.5) is 0 Å². The Morgan fingerprint density at radius 2 is 1.72 bits per heavy atom. The van der Waals surface area contributed by atoms with Crippen molar-refractivity contribution >= 4 is 10.0 Å². The van der Waals surface area contributed by atoms with E-state index in [1.54, 1.807) is 24.3 Å². The van der Waals surface area contributed by atoms with Crippen LogP contribution in [0.5, 0.6) is 5.75 Å². The molecule has 10 heteroatoms. The van der Waals surface area contributed by atoms with Crippen molar-refractivity contribution in [1.82, 2.24) is 9.62 Å². The average molecular weight is 565 g/mol. The van der Waals surface area contributed by atoms with Gasteiger partial charge in [-0.3, -0.25) is 0 Å². The Balaban J connectivity index is 1.18. The van der Waals surface area contributed by atoms with E-state index in [0.717, 1.165) is 63.7 Å². The molecule has 0 saturated carbocycles. The van der Waals surface area contributed by atoms with Crippen molar-refractivity contribution in [3.8, 4) is 5.75 Å². The normalized spacial score (nSPS) is 15.4. The molecule has 0 unspecified atom stereocenters. The van der Waals surface area contributed by atoms with Crippen molar-refractivity contribution in [2.75, 3.05) is 52.6 Å². The number of morpholine rings is 1. The number of aromatic hydroxyl groups is 1. The third-order valence-electron chi connectivity index (χ3n) is 6.90. The largest absolute Gasteiger partial charge is 0.508 e. The molecule has 1 aliphatic heterocycles. The van der Waals surface area contributed by atoms with Gasteiger partial charge in [-0.05, 0) is 74.0 Å². The maximum atomic E-state index is 12.8. The summed E-state index contributed by atoms with van der Waals surface area (Å²) in [5.41, 5.74) is 2.12. The van der Waals surface area contributed by atoms with E-state index in [9.17, 15) is 23.7 Å². The molecule has 1 fully saturated rings. The van der Waals surface area contributed by atoms with Gasteiger partial charge in [0, 0.05) is 38.4 Å². The predicted molar refractivity (Wildman–Crippen MR) is 150 cm³/mol. The molecule has 0 aliphatic carbocycles. The zero-order valence-corrected chi connectivity index (χ0v) is 23.6. The van der Waals surface area contributed by atoms with Gasteiger partial charge in [-0.2, -0.15) is 4.31 Å². The molecule has 1 saturated heterocycles. The van der Waals surface area contributed by atoms with E-state index in [-0.39, 0.29) is 12.4 Å². The Morgan fingerprint density at radius 1 is 0.974 bits per heavy atom. The first-order valence-corrected chi connectivity index (χ1v) is 15.4. The van der Waals surface area contributed by atoms with Gasteiger partial charge in [0.1, 0.15) is 5.75 Å². The van der Waals surface area contributed by atoms with Crippen LogP contribution in [-0.4, -0.2) is 80.6 Å². The lowest BCUT2D eigenvalue weighted by Crippen LogP contribution is -2.40. The number of hydrogen-bond donors (Lipinski definition) is 4. The molecule has 0 aromatic heterocycles. The number of unbranched alkanes of at least 4 members (excludes halogenated alkanes) is 4. The lowest BCUT2D eigenvalue weighted by molar-refractivity contribution is 0.0730. The molecule has 0 amide bonds. The number of aliphatic hydroxyl groups is 2. The van der Waals surface area contributed by atoms with Crippen LogP contribution in [0, 0.1) is 0 Å². The Kier molecular flexibility index (Phi) is 13.7. The molecule has 0 radical (unpaired) electrons. The van der Waals surface area contributed by atoms with Crippen LogP contribution in [0.25, 0.3) is 0 Å². The van der Waals surface area contributed by atoms with E-state index >= 15 is 0 Å². The number of hydrogen-bond acceptors (Lipinski definition) is 8. The fraction of sp³-hybridized carbons (Fsp3) is 0.586. The zero-order valence-electron chi connectivity index (χ0n) is 22.8. The minimum atomic E-state index is -3.46. The molecule has 1 heterocycles. The van der Waals surface area contributed by atoms with Crippen LogP contribution in [0.1, 0.15) is 61.3 Å². The first-order valence-electron chi connectivity index (χ1n) is 14.0. The number of phenols is 1. The first kappa shape index (κ1) is 31.5. The molecule has 0 bridgehead atoms. The Morgan fingerprint density at radius 3 is 2.49 bits per heavy atom. The minimum absolute atomic E-state index is 0.0332. The van der Waals surface area contributed by atoms with Gasteiger partial charge < -0.3 is 30.1 Å². The van der Waals surface area contributed by atoms with E-state index in [0.29, 0.717) is 55.5 Å². The Labute approximate surface area is 232 Å². The summed E-state index contributed by atoms with van der Waals surface area (Å²) in [6.07, 6.45) is 6.24. The number of rotatable bonds is 18. The fourth-order valence-electron chi connectivity index (χ4n) is 4.54. The molecule has 4 N–H and O–H groups in total. The molecule has 218 valence electrons. The second-order valence-electron chi connectivity index (χ2n) is 9.91. The number of aliphatic hydroxyl groups excluding tert-OH is 2. The molecule has 2 aromatic carbocycles. The van der Waals surface area contributed by atoms with Crippen molar-refractivity contribution < 1.29 is 33.2 Å². The van der Waals surface area contributed by atoms with Crippen molar-refractivity contribution in [3.05, 3.63) is 59.2 Å². The quantitative estimate of drug-likeness (QED) is 0.203. The minimum Gasteiger partial charge on any atom is -0.508 e. The zero-order chi connectivity index (χ0) is 27.9. The molecule has 1 aliphatic rings. The SMILES string of the molecule is O=S(=O)(c1cccc(CCCCOCCCCCCNC[C@H](O)c2ccc(O)c(CO)c2)c1)N1CCOCC1. The second-order valence-corrected chi connectivity index (χ2v) is 11.9. The summed E-state index contributed by atoms with van der Waals surface area (Å²) in [6.45, 7) is 4.12. The highest BCUT2D eigenvalue weighted by Gasteiger charge is 2.26. The standard InChI is InChI=1S/C29H44N2O7S/c32-23-26-21-25(11-12-28(26)33)29(34)22-30-13-4-1-2-5-16-37-17-6-3-8-24-9-7-10-27(20-24)39(35,36)31-14-18-38-19-15-31/h7,9-12,20-21,29-30,32-34H,1-6,8,13-19,22-23H2/t29-/m0/s1. The molecule has 39 heavy (non-hydrogen) atoms. The van der Waals surface area contributed by atoms with Crippen molar-refractivity contribution in [2.45, 2.75) is 62.6 Å². The van der Waals surface area contributed by atoms with Crippen LogP contribution in [-0.2, 0) is 32.5 Å². The highest BCUT2D eigenvalue weighted by atomic mass is 32.2. The predicted octanol–water partition coefficient (Wildman–Crippen LogP) is 3.13. The first-order chi connectivity index (χ1) is 18.9. The van der Waals surface area contributed by atoms with Crippen LogP contribution in [0.3, 0.4) is 0 Å². The molecule has 3 rings (SSSR count).